The van der Waals surface area contributed by atoms with E-state index in [-0.39, 0.29) is 6.10 Å². The zero-order chi connectivity index (χ0) is 17.9. The molecule has 4 aliphatic rings. The van der Waals surface area contributed by atoms with Gasteiger partial charge in [-0.15, -0.1) is 0 Å². The van der Waals surface area contributed by atoms with Gasteiger partial charge in [-0.1, -0.05) is 19.9 Å². The molecule has 4 aliphatic carbocycles. The summed E-state index contributed by atoms with van der Waals surface area (Å²) >= 11 is 0. The number of pyridine rings is 1. The minimum absolute atomic E-state index is 0.0278. The number of aromatic nitrogens is 1. The monoisotopic (exact) mass is 353 g/mol. The van der Waals surface area contributed by atoms with Gasteiger partial charge in [0.1, 0.15) is 0 Å². The van der Waals surface area contributed by atoms with Gasteiger partial charge in [0.2, 0.25) is 0 Å². The smallest absolute Gasteiger partial charge is 0.0543 e. The molecule has 0 spiro atoms. The van der Waals surface area contributed by atoms with Crippen LogP contribution in [0.1, 0.15) is 83.1 Å². The normalized spacial score (nSPS) is 50.6. The quantitative estimate of drug-likeness (QED) is 0.716. The number of hydrogen-bond acceptors (Lipinski definition) is 2. The molecule has 0 amide bonds. The number of rotatable bonds is 1. The van der Waals surface area contributed by atoms with Crippen LogP contribution < -0.4 is 0 Å². The summed E-state index contributed by atoms with van der Waals surface area (Å²) in [6, 6.07) is 4.44. The fourth-order valence-corrected chi connectivity index (χ4v) is 8.37. The minimum atomic E-state index is -0.0278. The molecule has 1 N–H and O–H groups in total. The lowest BCUT2D eigenvalue weighted by Crippen LogP contribution is -2.53. The van der Waals surface area contributed by atoms with E-state index in [1.807, 2.05) is 6.20 Å². The highest BCUT2D eigenvalue weighted by molar-refractivity contribution is 5.23. The molecule has 0 bridgehead atoms. The molecule has 26 heavy (non-hydrogen) atoms. The SMILES string of the molecule is C[C@]12CC[C@H](O)C[C@@H]1CC[C@@H]1[C@@H]2CC[C@]2(C)C(c3cccnc3)CC[C@@H]12. The summed E-state index contributed by atoms with van der Waals surface area (Å²) in [5, 5.41) is 10.2. The molecule has 0 radical (unpaired) electrons. The second-order valence-electron chi connectivity index (χ2n) is 10.5. The molecule has 1 unspecified atom stereocenters. The predicted molar refractivity (Wildman–Crippen MR) is 105 cm³/mol. The highest BCUT2D eigenvalue weighted by Gasteiger charge is 2.60. The van der Waals surface area contributed by atoms with E-state index in [9.17, 15) is 5.11 Å². The Hall–Kier alpha value is -0.890. The summed E-state index contributed by atoms with van der Waals surface area (Å²) in [6.07, 6.45) is 15.7. The number of hydrogen-bond donors (Lipinski definition) is 1. The molecule has 1 heterocycles. The van der Waals surface area contributed by atoms with E-state index >= 15 is 0 Å². The molecule has 2 heteroatoms. The first-order valence-electron chi connectivity index (χ1n) is 11.1. The van der Waals surface area contributed by atoms with E-state index in [1.165, 1.54) is 50.5 Å². The lowest BCUT2D eigenvalue weighted by atomic mass is 9.44. The van der Waals surface area contributed by atoms with E-state index in [1.54, 1.807) is 0 Å². The summed E-state index contributed by atoms with van der Waals surface area (Å²) < 4.78 is 0. The van der Waals surface area contributed by atoms with Crippen LogP contribution in [0, 0.1) is 34.5 Å². The summed E-state index contributed by atoms with van der Waals surface area (Å²) in [5.41, 5.74) is 2.45. The van der Waals surface area contributed by atoms with Crippen LogP contribution in [0.4, 0.5) is 0 Å². The zero-order valence-electron chi connectivity index (χ0n) is 16.5. The molecular weight excluding hydrogens is 318 g/mol. The van der Waals surface area contributed by atoms with Gasteiger partial charge in [-0.05, 0) is 110 Å². The van der Waals surface area contributed by atoms with Crippen LogP contribution in [0.2, 0.25) is 0 Å². The molecule has 142 valence electrons. The first-order chi connectivity index (χ1) is 12.5. The Morgan fingerprint density at radius 1 is 0.962 bits per heavy atom. The van der Waals surface area contributed by atoms with Crippen molar-refractivity contribution in [1.82, 2.24) is 4.98 Å². The number of aliphatic hydroxyl groups is 1. The molecule has 5 rings (SSSR count). The van der Waals surface area contributed by atoms with Crippen molar-refractivity contribution >= 4 is 0 Å². The lowest BCUT2D eigenvalue weighted by Gasteiger charge is -2.61. The zero-order valence-corrected chi connectivity index (χ0v) is 16.5. The van der Waals surface area contributed by atoms with Crippen LogP contribution in [-0.2, 0) is 0 Å². The second kappa shape index (κ2) is 6.06. The largest absolute Gasteiger partial charge is 0.393 e. The van der Waals surface area contributed by atoms with E-state index in [0.717, 1.165) is 36.5 Å². The standard InChI is InChI=1S/C24H35NO/c1-23-11-9-18(26)14-17(23)5-6-19-21-8-7-20(16-4-3-13-25-15-16)24(21,2)12-10-22(19)23/h3-4,13,15,17-22,26H,5-12,14H2,1-2H3/t17-,18-,19-,20?,21-,22-,23-,24+/m0/s1. The molecule has 0 aliphatic heterocycles. The summed E-state index contributed by atoms with van der Waals surface area (Å²) in [7, 11) is 0. The maximum absolute atomic E-state index is 10.2. The van der Waals surface area contributed by atoms with Crippen molar-refractivity contribution in [1.29, 1.82) is 0 Å². The third kappa shape index (κ3) is 2.37. The average Bonchev–Trinajstić information content (AvgIpc) is 3.00. The van der Waals surface area contributed by atoms with Crippen LogP contribution in [0.3, 0.4) is 0 Å². The van der Waals surface area contributed by atoms with Crippen LogP contribution in [0.5, 0.6) is 0 Å². The van der Waals surface area contributed by atoms with E-state index in [0.29, 0.717) is 16.7 Å². The molecule has 2 nitrogen and oxygen atoms in total. The van der Waals surface area contributed by atoms with Crippen LogP contribution >= 0.6 is 0 Å². The fourth-order valence-electron chi connectivity index (χ4n) is 8.37. The maximum Gasteiger partial charge on any atom is 0.0543 e. The van der Waals surface area contributed by atoms with Gasteiger partial charge in [0.25, 0.3) is 0 Å². The van der Waals surface area contributed by atoms with Crippen molar-refractivity contribution in [2.45, 2.75) is 83.7 Å². The van der Waals surface area contributed by atoms with Gasteiger partial charge in [-0.3, -0.25) is 4.98 Å². The highest BCUT2D eigenvalue weighted by atomic mass is 16.3. The van der Waals surface area contributed by atoms with Gasteiger partial charge < -0.3 is 5.11 Å². The molecule has 4 saturated carbocycles. The third-order valence-electron chi connectivity index (χ3n) is 9.72. The van der Waals surface area contributed by atoms with E-state index in [4.69, 9.17) is 0 Å². The maximum atomic E-state index is 10.2. The fraction of sp³-hybridized carbons (Fsp3) is 0.792. The van der Waals surface area contributed by atoms with Crippen molar-refractivity contribution in [3.05, 3.63) is 30.1 Å². The van der Waals surface area contributed by atoms with Crippen molar-refractivity contribution in [3.8, 4) is 0 Å². The van der Waals surface area contributed by atoms with Gasteiger partial charge in [-0.2, -0.15) is 0 Å². The average molecular weight is 354 g/mol. The van der Waals surface area contributed by atoms with Gasteiger partial charge in [0.05, 0.1) is 6.10 Å². The number of aliphatic hydroxyl groups excluding tert-OH is 1. The highest BCUT2D eigenvalue weighted by Crippen LogP contribution is 2.68. The molecule has 1 aromatic rings. The van der Waals surface area contributed by atoms with Gasteiger partial charge >= 0.3 is 0 Å². The van der Waals surface area contributed by atoms with Gasteiger partial charge in [0.15, 0.2) is 0 Å². The van der Waals surface area contributed by atoms with Crippen LogP contribution in [-0.4, -0.2) is 16.2 Å². The Balaban J connectivity index is 1.43. The summed E-state index contributed by atoms with van der Waals surface area (Å²) in [5.74, 6) is 4.20. The topological polar surface area (TPSA) is 33.1 Å². The van der Waals surface area contributed by atoms with Crippen molar-refractivity contribution in [2.24, 2.45) is 34.5 Å². The summed E-state index contributed by atoms with van der Waals surface area (Å²) in [6.45, 7) is 5.20. The Labute approximate surface area is 158 Å². The number of fused-ring (bicyclic) bond motifs is 5. The Bertz CT molecular complexity index is 659. The summed E-state index contributed by atoms with van der Waals surface area (Å²) in [4.78, 5) is 4.43. The number of nitrogens with zero attached hydrogens (tertiary/aromatic N) is 1. The van der Waals surface area contributed by atoms with Gasteiger partial charge in [0, 0.05) is 12.4 Å². The Morgan fingerprint density at radius 2 is 1.77 bits per heavy atom. The molecular formula is C24H35NO. The van der Waals surface area contributed by atoms with E-state index < -0.39 is 0 Å². The third-order valence-corrected chi connectivity index (χ3v) is 9.72. The van der Waals surface area contributed by atoms with Crippen LogP contribution in [0.15, 0.2) is 24.5 Å². The minimum Gasteiger partial charge on any atom is -0.393 e. The van der Waals surface area contributed by atoms with Crippen molar-refractivity contribution in [3.63, 3.8) is 0 Å². The second-order valence-corrected chi connectivity index (χ2v) is 10.5. The molecule has 4 fully saturated rings. The first-order valence-corrected chi connectivity index (χ1v) is 11.1. The lowest BCUT2D eigenvalue weighted by molar-refractivity contribution is -0.122. The van der Waals surface area contributed by atoms with E-state index in [2.05, 4.69) is 37.2 Å². The predicted octanol–water partition coefficient (Wildman–Crippen LogP) is 5.57. The molecule has 1 aromatic heterocycles. The molecule has 0 saturated heterocycles. The Morgan fingerprint density at radius 3 is 2.58 bits per heavy atom. The Kier molecular flexibility index (Phi) is 4.01. The van der Waals surface area contributed by atoms with Crippen molar-refractivity contribution in [2.75, 3.05) is 0 Å². The first kappa shape index (κ1) is 17.2. The molecule has 8 atom stereocenters. The molecule has 0 aromatic carbocycles. The van der Waals surface area contributed by atoms with Gasteiger partial charge in [-0.25, -0.2) is 0 Å². The van der Waals surface area contributed by atoms with Crippen LogP contribution in [0.25, 0.3) is 0 Å². The van der Waals surface area contributed by atoms with Crippen molar-refractivity contribution < 1.29 is 5.11 Å².